The van der Waals surface area contributed by atoms with E-state index in [4.69, 9.17) is 10.5 Å². The van der Waals surface area contributed by atoms with Gasteiger partial charge in [-0.25, -0.2) is 0 Å². The summed E-state index contributed by atoms with van der Waals surface area (Å²) in [5.74, 6) is 0.751. The SMILES string of the molecule is Cc1ccccc1N(C)CCOc1ccccc1N. The molecule has 2 N–H and O–H groups in total. The minimum absolute atomic E-state index is 0.610. The highest BCUT2D eigenvalue weighted by Crippen LogP contribution is 2.20. The van der Waals surface area contributed by atoms with Gasteiger partial charge in [0.15, 0.2) is 0 Å². The van der Waals surface area contributed by atoms with Gasteiger partial charge in [0.1, 0.15) is 12.4 Å². The highest BCUT2D eigenvalue weighted by Gasteiger charge is 2.04. The van der Waals surface area contributed by atoms with E-state index in [0.717, 1.165) is 12.3 Å². The van der Waals surface area contributed by atoms with Crippen LogP contribution in [-0.2, 0) is 0 Å². The number of benzene rings is 2. The lowest BCUT2D eigenvalue weighted by molar-refractivity contribution is 0.327. The molecule has 0 saturated heterocycles. The molecule has 0 radical (unpaired) electrons. The first-order valence-corrected chi connectivity index (χ1v) is 6.42. The fourth-order valence-electron chi connectivity index (χ4n) is 2.02. The third-order valence-electron chi connectivity index (χ3n) is 3.13. The molecule has 0 fully saturated rings. The van der Waals surface area contributed by atoms with Gasteiger partial charge in [0.25, 0.3) is 0 Å². The van der Waals surface area contributed by atoms with Crippen molar-refractivity contribution in [1.29, 1.82) is 0 Å². The van der Waals surface area contributed by atoms with Crippen LogP contribution in [0.5, 0.6) is 5.75 Å². The van der Waals surface area contributed by atoms with Crippen LogP contribution in [0.25, 0.3) is 0 Å². The first kappa shape index (κ1) is 13.3. The number of aryl methyl sites for hydroxylation is 1. The predicted molar refractivity (Wildman–Crippen MR) is 80.8 cm³/mol. The lowest BCUT2D eigenvalue weighted by Gasteiger charge is -2.21. The molecule has 0 heterocycles. The zero-order valence-corrected chi connectivity index (χ0v) is 11.5. The Morgan fingerprint density at radius 1 is 1.05 bits per heavy atom. The smallest absolute Gasteiger partial charge is 0.142 e. The standard InChI is InChI=1S/C16H20N2O/c1-13-7-3-5-9-15(13)18(2)11-12-19-16-10-6-4-8-14(16)17/h3-10H,11-12,17H2,1-2H3. The highest BCUT2D eigenvalue weighted by molar-refractivity contribution is 5.53. The van der Waals surface area contributed by atoms with E-state index in [1.165, 1.54) is 11.3 Å². The molecule has 3 heteroatoms. The fourth-order valence-corrected chi connectivity index (χ4v) is 2.02. The molecule has 0 aliphatic rings. The number of para-hydroxylation sites is 3. The molecule has 0 spiro atoms. The Labute approximate surface area is 114 Å². The van der Waals surface area contributed by atoms with Crippen LogP contribution in [0.15, 0.2) is 48.5 Å². The zero-order valence-electron chi connectivity index (χ0n) is 11.5. The van der Waals surface area contributed by atoms with Crippen molar-refractivity contribution in [3.63, 3.8) is 0 Å². The molecular formula is C16H20N2O. The number of likely N-dealkylation sites (N-methyl/N-ethyl adjacent to an activating group) is 1. The van der Waals surface area contributed by atoms with Crippen molar-refractivity contribution in [2.24, 2.45) is 0 Å². The van der Waals surface area contributed by atoms with E-state index in [1.807, 2.05) is 30.3 Å². The monoisotopic (exact) mass is 256 g/mol. The molecule has 0 aromatic heterocycles. The quantitative estimate of drug-likeness (QED) is 0.835. The number of nitrogens with two attached hydrogens (primary N) is 1. The van der Waals surface area contributed by atoms with E-state index in [2.05, 4.69) is 37.1 Å². The summed E-state index contributed by atoms with van der Waals surface area (Å²) in [4.78, 5) is 2.19. The maximum Gasteiger partial charge on any atom is 0.142 e. The van der Waals surface area contributed by atoms with Crippen molar-refractivity contribution in [2.75, 3.05) is 30.8 Å². The number of rotatable bonds is 5. The van der Waals surface area contributed by atoms with Gasteiger partial charge in [0.2, 0.25) is 0 Å². The van der Waals surface area contributed by atoms with Gasteiger partial charge in [-0.05, 0) is 30.7 Å². The van der Waals surface area contributed by atoms with Crippen LogP contribution >= 0.6 is 0 Å². The molecule has 3 nitrogen and oxygen atoms in total. The summed E-state index contributed by atoms with van der Waals surface area (Å²) in [6.45, 7) is 3.54. The molecule has 0 amide bonds. The van der Waals surface area contributed by atoms with Crippen LogP contribution in [0, 0.1) is 6.92 Å². The number of nitrogen functional groups attached to an aromatic ring is 1. The summed E-state index contributed by atoms with van der Waals surface area (Å²) in [5, 5.41) is 0. The second kappa shape index (κ2) is 6.14. The van der Waals surface area contributed by atoms with Gasteiger partial charge in [-0.2, -0.15) is 0 Å². The Morgan fingerprint density at radius 2 is 1.74 bits per heavy atom. The van der Waals surface area contributed by atoms with Crippen LogP contribution in [0.4, 0.5) is 11.4 Å². The molecule has 2 aromatic carbocycles. The molecule has 0 saturated carbocycles. The Balaban J connectivity index is 1.90. The lowest BCUT2D eigenvalue weighted by Crippen LogP contribution is -2.24. The van der Waals surface area contributed by atoms with Gasteiger partial charge >= 0.3 is 0 Å². The molecule has 2 rings (SSSR count). The Hall–Kier alpha value is -2.16. The van der Waals surface area contributed by atoms with E-state index < -0.39 is 0 Å². The maximum atomic E-state index is 5.83. The van der Waals surface area contributed by atoms with Crippen LogP contribution in [-0.4, -0.2) is 20.2 Å². The normalized spacial score (nSPS) is 10.2. The second-order valence-electron chi connectivity index (χ2n) is 4.59. The van der Waals surface area contributed by atoms with Crippen LogP contribution in [0.2, 0.25) is 0 Å². The van der Waals surface area contributed by atoms with E-state index in [0.29, 0.717) is 12.3 Å². The number of hydrogen-bond acceptors (Lipinski definition) is 3. The molecule has 0 aliphatic carbocycles. The molecule has 0 atom stereocenters. The molecule has 0 aliphatic heterocycles. The topological polar surface area (TPSA) is 38.5 Å². The number of nitrogens with zero attached hydrogens (tertiary/aromatic N) is 1. The molecule has 0 unspecified atom stereocenters. The van der Waals surface area contributed by atoms with E-state index >= 15 is 0 Å². The first-order chi connectivity index (χ1) is 9.18. The summed E-state index contributed by atoms with van der Waals surface area (Å²) >= 11 is 0. The van der Waals surface area contributed by atoms with E-state index in [1.54, 1.807) is 0 Å². The van der Waals surface area contributed by atoms with Crippen molar-refractivity contribution in [2.45, 2.75) is 6.92 Å². The minimum Gasteiger partial charge on any atom is -0.490 e. The number of ether oxygens (including phenoxy) is 1. The van der Waals surface area contributed by atoms with Crippen molar-refractivity contribution >= 4 is 11.4 Å². The third kappa shape index (κ3) is 3.41. The van der Waals surface area contributed by atoms with Crippen LogP contribution in [0.3, 0.4) is 0 Å². The zero-order chi connectivity index (χ0) is 13.7. The summed E-state index contributed by atoms with van der Waals surface area (Å²) in [7, 11) is 2.07. The average molecular weight is 256 g/mol. The molecule has 100 valence electrons. The van der Waals surface area contributed by atoms with Crippen molar-refractivity contribution in [1.82, 2.24) is 0 Å². The van der Waals surface area contributed by atoms with Crippen LogP contribution in [0.1, 0.15) is 5.56 Å². The summed E-state index contributed by atoms with van der Waals surface area (Å²) < 4.78 is 5.70. The fraction of sp³-hybridized carbons (Fsp3) is 0.250. The molecular weight excluding hydrogens is 236 g/mol. The van der Waals surface area contributed by atoms with Gasteiger partial charge in [-0.15, -0.1) is 0 Å². The minimum atomic E-state index is 0.610. The molecule has 0 bridgehead atoms. The molecule has 2 aromatic rings. The summed E-state index contributed by atoms with van der Waals surface area (Å²) in [5.41, 5.74) is 9.01. The second-order valence-corrected chi connectivity index (χ2v) is 4.59. The number of hydrogen-bond donors (Lipinski definition) is 1. The Kier molecular flexibility index (Phi) is 4.29. The third-order valence-corrected chi connectivity index (χ3v) is 3.13. The first-order valence-electron chi connectivity index (χ1n) is 6.42. The average Bonchev–Trinajstić information content (AvgIpc) is 2.41. The van der Waals surface area contributed by atoms with E-state index in [9.17, 15) is 0 Å². The van der Waals surface area contributed by atoms with Gasteiger partial charge in [-0.1, -0.05) is 30.3 Å². The summed E-state index contributed by atoms with van der Waals surface area (Å²) in [6.07, 6.45) is 0. The number of anilines is 2. The van der Waals surface area contributed by atoms with Crippen LogP contribution < -0.4 is 15.4 Å². The van der Waals surface area contributed by atoms with Crippen molar-refractivity contribution < 1.29 is 4.74 Å². The van der Waals surface area contributed by atoms with Gasteiger partial charge in [0.05, 0.1) is 12.2 Å². The highest BCUT2D eigenvalue weighted by atomic mass is 16.5. The Bertz CT molecular complexity index is 540. The van der Waals surface area contributed by atoms with Gasteiger partial charge in [-0.3, -0.25) is 0 Å². The summed E-state index contributed by atoms with van der Waals surface area (Å²) in [6, 6.07) is 15.9. The predicted octanol–water partition coefficient (Wildman–Crippen LogP) is 3.09. The van der Waals surface area contributed by atoms with Crippen molar-refractivity contribution in [3.8, 4) is 5.75 Å². The Morgan fingerprint density at radius 3 is 2.47 bits per heavy atom. The largest absolute Gasteiger partial charge is 0.490 e. The maximum absolute atomic E-state index is 5.83. The van der Waals surface area contributed by atoms with Gasteiger partial charge < -0.3 is 15.4 Å². The lowest BCUT2D eigenvalue weighted by atomic mass is 10.2. The molecule has 19 heavy (non-hydrogen) atoms. The van der Waals surface area contributed by atoms with E-state index in [-0.39, 0.29) is 0 Å². The van der Waals surface area contributed by atoms with Crippen molar-refractivity contribution in [3.05, 3.63) is 54.1 Å². The van der Waals surface area contributed by atoms with Gasteiger partial charge in [0, 0.05) is 12.7 Å².